The van der Waals surface area contributed by atoms with Crippen LogP contribution in [0, 0.1) is 11.7 Å². The van der Waals surface area contributed by atoms with Crippen LogP contribution in [0.1, 0.15) is 26.5 Å². The lowest BCUT2D eigenvalue weighted by atomic mass is 10.1. The van der Waals surface area contributed by atoms with Gasteiger partial charge < -0.3 is 15.1 Å². The normalized spacial score (nSPS) is 12.5. The van der Waals surface area contributed by atoms with Crippen molar-refractivity contribution in [2.75, 3.05) is 5.32 Å². The van der Waals surface area contributed by atoms with Gasteiger partial charge in [0.15, 0.2) is 10.9 Å². The molecule has 3 N–H and O–H groups in total. The fraction of sp³-hybridized carbons (Fsp3) is 0.286. The molecule has 3 rings (SSSR count). The summed E-state index contributed by atoms with van der Waals surface area (Å²) in [6, 6.07) is 7.18. The molecule has 2 amide bonds. The molecule has 33 heavy (non-hydrogen) atoms. The molecule has 0 aliphatic rings. The molecule has 0 saturated heterocycles. The maximum atomic E-state index is 14.0. The number of hydrogen-bond acceptors (Lipinski definition) is 7. The average molecular weight is 495 g/mol. The molecule has 2 heterocycles. The second-order valence-corrected chi connectivity index (χ2v) is 10.0. The van der Waals surface area contributed by atoms with E-state index in [1.807, 2.05) is 0 Å². The number of carbonyl (C=O) groups excluding carboxylic acids is 2. The first-order valence-corrected chi connectivity index (χ1v) is 12.3. The molecule has 0 unspecified atom stereocenters. The molecule has 0 radical (unpaired) electrons. The molecule has 2 aromatic heterocycles. The highest BCUT2D eigenvalue weighted by Crippen LogP contribution is 2.27. The van der Waals surface area contributed by atoms with E-state index in [0.717, 1.165) is 23.5 Å². The second-order valence-electron chi connectivity index (χ2n) is 7.48. The summed E-state index contributed by atoms with van der Waals surface area (Å²) >= 11 is 1.14. The van der Waals surface area contributed by atoms with Crippen LogP contribution in [-0.2, 0) is 26.2 Å². The van der Waals surface area contributed by atoms with Gasteiger partial charge in [-0.25, -0.2) is 17.8 Å². The average Bonchev–Trinajstić information content (AvgIpc) is 3.40. The van der Waals surface area contributed by atoms with E-state index in [1.165, 1.54) is 19.1 Å². The maximum Gasteiger partial charge on any atom is 0.244 e. The number of anilines is 1. The lowest BCUT2D eigenvalue weighted by molar-refractivity contribution is -0.119. The molecule has 0 aliphatic heterocycles. The summed E-state index contributed by atoms with van der Waals surface area (Å²) in [5.41, 5.74) is 0.470. The van der Waals surface area contributed by atoms with Crippen LogP contribution >= 0.6 is 11.3 Å². The summed E-state index contributed by atoms with van der Waals surface area (Å²) in [6.07, 6.45) is 0. The smallest absolute Gasteiger partial charge is 0.244 e. The van der Waals surface area contributed by atoms with Gasteiger partial charge >= 0.3 is 0 Å². The summed E-state index contributed by atoms with van der Waals surface area (Å²) in [6.45, 7) is 4.98. The summed E-state index contributed by atoms with van der Waals surface area (Å²) < 4.78 is 47.2. The van der Waals surface area contributed by atoms with Gasteiger partial charge in [-0.2, -0.15) is 4.72 Å². The van der Waals surface area contributed by atoms with Crippen molar-refractivity contribution in [3.05, 3.63) is 53.4 Å². The van der Waals surface area contributed by atoms with Crippen molar-refractivity contribution < 1.29 is 26.8 Å². The zero-order valence-corrected chi connectivity index (χ0v) is 19.7. The first-order chi connectivity index (χ1) is 15.6. The number of halogens is 1. The van der Waals surface area contributed by atoms with Gasteiger partial charge in [0.1, 0.15) is 28.2 Å². The first kappa shape index (κ1) is 24.6. The topological polar surface area (TPSA) is 130 Å². The second kappa shape index (κ2) is 10.2. The van der Waals surface area contributed by atoms with Gasteiger partial charge in [-0.1, -0.05) is 26.0 Å². The van der Waals surface area contributed by atoms with Crippen LogP contribution in [-0.4, -0.2) is 31.3 Å². The summed E-state index contributed by atoms with van der Waals surface area (Å²) in [4.78, 5) is 27.6. The minimum atomic E-state index is -4.27. The third-order valence-electron chi connectivity index (χ3n) is 4.52. The standard InChI is InChI=1S/C21H23FN4O5S2/c1-12(2)19(26-33(29,30)18-7-5-4-6-15(18)22)20(28)25-21-24-16(11-32-21)17-9-8-14(31-17)10-23-13(3)27/h4-9,11-12,19,26H,10H2,1-3H3,(H,23,27)(H,24,25,28)/t19-/m0/s1. The SMILES string of the molecule is CC(=O)NCc1ccc(-c2csc(NC(=O)[C@@H](NS(=O)(=O)c3ccccc3F)C(C)C)n2)o1. The molecule has 0 spiro atoms. The Bertz CT molecular complexity index is 1250. The van der Waals surface area contributed by atoms with E-state index in [2.05, 4.69) is 20.3 Å². The Hall–Kier alpha value is -3.09. The molecule has 176 valence electrons. The molecule has 9 nitrogen and oxygen atoms in total. The maximum absolute atomic E-state index is 14.0. The Morgan fingerprint density at radius 1 is 1.18 bits per heavy atom. The number of nitrogens with one attached hydrogen (secondary N) is 3. The lowest BCUT2D eigenvalue weighted by Gasteiger charge is -2.21. The highest BCUT2D eigenvalue weighted by Gasteiger charge is 2.30. The number of carbonyl (C=O) groups is 2. The molecule has 1 aromatic carbocycles. The Morgan fingerprint density at radius 2 is 1.91 bits per heavy atom. The number of benzene rings is 1. The van der Waals surface area contributed by atoms with Crippen LogP contribution in [0.4, 0.5) is 9.52 Å². The highest BCUT2D eigenvalue weighted by atomic mass is 32.2. The van der Waals surface area contributed by atoms with Crippen molar-refractivity contribution in [1.29, 1.82) is 0 Å². The predicted molar refractivity (Wildman–Crippen MR) is 121 cm³/mol. The minimum Gasteiger partial charge on any atom is -0.458 e. The van der Waals surface area contributed by atoms with Gasteiger partial charge in [0, 0.05) is 12.3 Å². The predicted octanol–water partition coefficient (Wildman–Crippen LogP) is 3.12. The Balaban J connectivity index is 1.71. The van der Waals surface area contributed by atoms with Gasteiger partial charge in [0.2, 0.25) is 21.8 Å². The van der Waals surface area contributed by atoms with Crippen molar-refractivity contribution in [2.24, 2.45) is 5.92 Å². The molecule has 3 aromatic rings. The van der Waals surface area contributed by atoms with Gasteiger partial charge in [-0.3, -0.25) is 9.59 Å². The third kappa shape index (κ3) is 6.24. The molecule has 0 saturated carbocycles. The number of amides is 2. The van der Waals surface area contributed by atoms with Crippen LogP contribution in [0.5, 0.6) is 0 Å². The van der Waals surface area contributed by atoms with Gasteiger partial charge in [0.05, 0.1) is 6.54 Å². The largest absolute Gasteiger partial charge is 0.458 e. The van der Waals surface area contributed by atoms with Crippen LogP contribution in [0.2, 0.25) is 0 Å². The first-order valence-electron chi connectivity index (χ1n) is 9.93. The van der Waals surface area contributed by atoms with Crippen molar-refractivity contribution in [3.8, 4) is 11.5 Å². The Morgan fingerprint density at radius 3 is 2.58 bits per heavy atom. The number of furan rings is 1. The number of aromatic nitrogens is 1. The van der Waals surface area contributed by atoms with Crippen molar-refractivity contribution in [3.63, 3.8) is 0 Å². The molecule has 12 heteroatoms. The molecular formula is C21H23FN4O5S2. The fourth-order valence-electron chi connectivity index (χ4n) is 2.84. The van der Waals surface area contributed by atoms with E-state index in [9.17, 15) is 22.4 Å². The van der Waals surface area contributed by atoms with E-state index < -0.39 is 38.6 Å². The molecule has 0 bridgehead atoms. The monoisotopic (exact) mass is 494 g/mol. The highest BCUT2D eigenvalue weighted by molar-refractivity contribution is 7.89. The minimum absolute atomic E-state index is 0.183. The van der Waals surface area contributed by atoms with E-state index in [4.69, 9.17) is 4.42 Å². The van der Waals surface area contributed by atoms with Crippen LogP contribution < -0.4 is 15.4 Å². The number of sulfonamides is 1. The molecule has 1 atom stereocenters. The van der Waals surface area contributed by atoms with E-state index in [-0.39, 0.29) is 17.6 Å². The van der Waals surface area contributed by atoms with Crippen molar-refractivity contribution in [2.45, 2.75) is 38.3 Å². The summed E-state index contributed by atoms with van der Waals surface area (Å²) in [5, 5.41) is 7.14. The van der Waals surface area contributed by atoms with Crippen LogP contribution in [0.15, 0.2) is 51.1 Å². The quantitative estimate of drug-likeness (QED) is 0.419. The van der Waals surface area contributed by atoms with Crippen molar-refractivity contribution >= 4 is 38.3 Å². The number of hydrogen-bond donors (Lipinski definition) is 3. The molecule has 0 fully saturated rings. The summed E-state index contributed by atoms with van der Waals surface area (Å²) in [7, 11) is -4.27. The summed E-state index contributed by atoms with van der Waals surface area (Å²) in [5.74, 6) is -1.15. The van der Waals surface area contributed by atoms with E-state index in [1.54, 1.807) is 31.4 Å². The zero-order valence-electron chi connectivity index (χ0n) is 18.1. The van der Waals surface area contributed by atoms with Gasteiger partial charge in [-0.05, 0) is 30.2 Å². The van der Waals surface area contributed by atoms with Gasteiger partial charge in [0.25, 0.3) is 0 Å². The number of thiazole rings is 1. The van der Waals surface area contributed by atoms with Gasteiger partial charge in [-0.15, -0.1) is 11.3 Å². The third-order valence-corrected chi connectivity index (χ3v) is 6.75. The number of nitrogens with zero attached hydrogens (tertiary/aromatic N) is 1. The van der Waals surface area contributed by atoms with E-state index >= 15 is 0 Å². The van der Waals surface area contributed by atoms with Crippen molar-refractivity contribution in [1.82, 2.24) is 15.0 Å². The van der Waals surface area contributed by atoms with E-state index in [0.29, 0.717) is 17.2 Å². The zero-order chi connectivity index (χ0) is 24.2. The Kier molecular flexibility index (Phi) is 7.61. The Labute approximate surface area is 194 Å². The molecule has 0 aliphatic carbocycles. The van der Waals surface area contributed by atoms with Crippen LogP contribution in [0.25, 0.3) is 11.5 Å². The number of rotatable bonds is 9. The van der Waals surface area contributed by atoms with Crippen LogP contribution in [0.3, 0.4) is 0 Å². The molecular weight excluding hydrogens is 471 g/mol. The lowest BCUT2D eigenvalue weighted by Crippen LogP contribution is -2.47. The fourth-order valence-corrected chi connectivity index (χ4v) is 4.96.